The van der Waals surface area contributed by atoms with E-state index in [1.807, 2.05) is 24.3 Å². The van der Waals surface area contributed by atoms with Crippen molar-refractivity contribution in [1.82, 2.24) is 0 Å². The number of hydrogen-bond donors (Lipinski definition) is 1. The average Bonchev–Trinajstić information content (AvgIpc) is 3.18. The van der Waals surface area contributed by atoms with Crippen molar-refractivity contribution in [2.24, 2.45) is 0 Å². The van der Waals surface area contributed by atoms with Gasteiger partial charge in [0, 0.05) is 11.3 Å². The number of hydrogen-bond acceptors (Lipinski definition) is 6. The van der Waals surface area contributed by atoms with Crippen molar-refractivity contribution in [1.29, 1.82) is 0 Å². The maximum absolute atomic E-state index is 13.4. The van der Waals surface area contributed by atoms with Gasteiger partial charge in [0.15, 0.2) is 0 Å². The van der Waals surface area contributed by atoms with Crippen LogP contribution in [0, 0.1) is 0 Å². The van der Waals surface area contributed by atoms with Gasteiger partial charge in [0.05, 0.1) is 30.9 Å². The summed E-state index contributed by atoms with van der Waals surface area (Å²) in [5.74, 6) is -1.41. The van der Waals surface area contributed by atoms with E-state index in [2.05, 4.69) is 13.8 Å². The molecule has 190 valence electrons. The summed E-state index contributed by atoms with van der Waals surface area (Å²) in [7, 11) is 1.54. The van der Waals surface area contributed by atoms with Crippen molar-refractivity contribution < 1.29 is 29.0 Å². The summed E-state index contributed by atoms with van der Waals surface area (Å²) in [6.45, 7) is 6.12. The van der Waals surface area contributed by atoms with Gasteiger partial charge in [0.2, 0.25) is 0 Å². The van der Waals surface area contributed by atoms with Crippen molar-refractivity contribution in [2.45, 2.75) is 32.7 Å². The van der Waals surface area contributed by atoms with Gasteiger partial charge in [0.1, 0.15) is 11.5 Å². The third-order valence-electron chi connectivity index (χ3n) is 6.38. The van der Waals surface area contributed by atoms with E-state index in [9.17, 15) is 19.5 Å². The first-order valence-corrected chi connectivity index (χ1v) is 12.1. The predicted molar refractivity (Wildman–Crippen MR) is 141 cm³/mol. The molecule has 1 fully saturated rings. The van der Waals surface area contributed by atoms with Gasteiger partial charge >= 0.3 is 5.97 Å². The molecule has 37 heavy (non-hydrogen) atoms. The molecule has 0 bridgehead atoms. The first-order valence-electron chi connectivity index (χ1n) is 12.1. The van der Waals surface area contributed by atoms with Crippen LogP contribution in [0.4, 0.5) is 5.69 Å². The number of anilines is 1. The Morgan fingerprint density at radius 3 is 2.05 bits per heavy atom. The largest absolute Gasteiger partial charge is 0.507 e. The molecule has 1 atom stereocenters. The number of benzene rings is 3. The van der Waals surface area contributed by atoms with Crippen LogP contribution in [-0.4, -0.2) is 36.5 Å². The maximum atomic E-state index is 13.4. The predicted octanol–water partition coefficient (Wildman–Crippen LogP) is 5.62. The number of carbonyl (C=O) groups is 3. The fraction of sp³-hybridized carbons (Fsp3) is 0.233. The second-order valence-corrected chi connectivity index (χ2v) is 8.99. The summed E-state index contributed by atoms with van der Waals surface area (Å²) >= 11 is 0. The lowest BCUT2D eigenvalue weighted by atomic mass is 9.93. The van der Waals surface area contributed by atoms with Crippen LogP contribution in [-0.2, 0) is 14.3 Å². The third-order valence-corrected chi connectivity index (χ3v) is 6.38. The highest BCUT2D eigenvalue weighted by molar-refractivity contribution is 6.51. The first-order chi connectivity index (χ1) is 17.8. The van der Waals surface area contributed by atoms with Gasteiger partial charge in [-0.25, -0.2) is 4.79 Å². The molecular formula is C30H29NO6. The van der Waals surface area contributed by atoms with Crippen molar-refractivity contribution in [3.8, 4) is 5.75 Å². The molecule has 0 aromatic heterocycles. The summed E-state index contributed by atoms with van der Waals surface area (Å²) in [5, 5.41) is 11.3. The smallest absolute Gasteiger partial charge is 0.338 e. The topological polar surface area (TPSA) is 93.1 Å². The number of amides is 1. The van der Waals surface area contributed by atoms with Gasteiger partial charge in [-0.2, -0.15) is 0 Å². The number of ketones is 1. The van der Waals surface area contributed by atoms with Crippen molar-refractivity contribution in [3.63, 3.8) is 0 Å². The van der Waals surface area contributed by atoms with E-state index in [4.69, 9.17) is 9.47 Å². The van der Waals surface area contributed by atoms with E-state index in [0.717, 1.165) is 5.56 Å². The Morgan fingerprint density at radius 1 is 0.919 bits per heavy atom. The molecule has 0 radical (unpaired) electrons. The molecule has 1 aliphatic rings. The average molecular weight is 500 g/mol. The quantitative estimate of drug-likeness (QED) is 0.196. The minimum absolute atomic E-state index is 0.0121. The fourth-order valence-corrected chi connectivity index (χ4v) is 4.35. The Morgan fingerprint density at radius 2 is 1.51 bits per heavy atom. The molecule has 0 aliphatic carbocycles. The van der Waals surface area contributed by atoms with Crippen molar-refractivity contribution >= 4 is 29.1 Å². The number of methoxy groups -OCH3 is 1. The minimum atomic E-state index is -0.864. The molecule has 0 spiro atoms. The Hall–Kier alpha value is -4.39. The van der Waals surface area contributed by atoms with E-state index in [-0.39, 0.29) is 17.9 Å². The SMILES string of the molecule is CCOC(=O)c1ccc(N2C(=O)C(=O)/C(=C(/O)c3ccc(OC)cc3)C2c2ccc(C(C)C)cc2)cc1. The van der Waals surface area contributed by atoms with E-state index < -0.39 is 23.7 Å². The van der Waals surface area contributed by atoms with Crippen LogP contribution in [0.3, 0.4) is 0 Å². The Kier molecular flexibility index (Phi) is 7.43. The molecule has 7 nitrogen and oxygen atoms in total. The van der Waals surface area contributed by atoms with E-state index in [0.29, 0.717) is 34.0 Å². The highest BCUT2D eigenvalue weighted by Gasteiger charge is 2.47. The zero-order chi connectivity index (χ0) is 26.7. The number of carbonyl (C=O) groups excluding carboxylic acids is 3. The molecule has 7 heteroatoms. The number of Topliss-reactive ketones (excluding diaryl/α,β-unsaturated/α-hetero) is 1. The third kappa shape index (κ3) is 4.98. The molecule has 1 amide bonds. The second kappa shape index (κ2) is 10.7. The van der Waals surface area contributed by atoms with Gasteiger partial charge < -0.3 is 14.6 Å². The zero-order valence-electron chi connectivity index (χ0n) is 21.2. The number of esters is 1. The highest BCUT2D eigenvalue weighted by atomic mass is 16.5. The molecular weight excluding hydrogens is 470 g/mol. The van der Waals surface area contributed by atoms with Crippen LogP contribution in [0.1, 0.15) is 59.8 Å². The standard InChI is InChI=1S/C30H29NO6/c1-5-37-30(35)22-10-14-23(15-11-22)31-26(20-8-6-19(7-9-20)18(2)3)25(28(33)29(31)34)27(32)21-12-16-24(36-4)17-13-21/h6-18,26,32H,5H2,1-4H3/b27-25+. The molecule has 4 rings (SSSR count). The fourth-order valence-electron chi connectivity index (χ4n) is 4.35. The van der Waals surface area contributed by atoms with Gasteiger partial charge in [-0.3, -0.25) is 14.5 Å². The molecule has 1 unspecified atom stereocenters. The molecule has 3 aromatic carbocycles. The lowest BCUT2D eigenvalue weighted by molar-refractivity contribution is -0.132. The van der Waals surface area contributed by atoms with Gasteiger partial charge in [-0.1, -0.05) is 38.1 Å². The Balaban J connectivity index is 1.85. The molecule has 1 N–H and O–H groups in total. The van der Waals surface area contributed by atoms with Gasteiger partial charge in [-0.05, 0) is 72.5 Å². The summed E-state index contributed by atoms with van der Waals surface area (Å²) in [6, 6.07) is 19.7. The Labute approximate surface area is 215 Å². The first kappa shape index (κ1) is 25.7. The van der Waals surface area contributed by atoms with Gasteiger partial charge in [-0.15, -0.1) is 0 Å². The summed E-state index contributed by atoms with van der Waals surface area (Å²) in [4.78, 5) is 40.2. The van der Waals surface area contributed by atoms with Crippen LogP contribution >= 0.6 is 0 Å². The number of rotatable bonds is 7. The lowest BCUT2D eigenvalue weighted by Crippen LogP contribution is -2.29. The monoisotopic (exact) mass is 499 g/mol. The molecule has 1 aliphatic heterocycles. The summed E-state index contributed by atoms with van der Waals surface area (Å²) < 4.78 is 10.2. The molecule has 1 saturated heterocycles. The molecule has 1 heterocycles. The number of aliphatic hydroxyl groups is 1. The van der Waals surface area contributed by atoms with E-state index in [1.165, 1.54) is 12.0 Å². The van der Waals surface area contributed by atoms with Crippen molar-refractivity contribution in [3.05, 3.63) is 101 Å². The van der Waals surface area contributed by atoms with Crippen LogP contribution in [0.25, 0.3) is 5.76 Å². The Bertz CT molecular complexity index is 1340. The molecule has 3 aromatic rings. The lowest BCUT2D eigenvalue weighted by Gasteiger charge is -2.26. The van der Waals surface area contributed by atoms with E-state index >= 15 is 0 Å². The number of ether oxygens (including phenoxy) is 2. The maximum Gasteiger partial charge on any atom is 0.338 e. The van der Waals surface area contributed by atoms with Crippen LogP contribution in [0.2, 0.25) is 0 Å². The van der Waals surface area contributed by atoms with Crippen LogP contribution < -0.4 is 9.64 Å². The minimum Gasteiger partial charge on any atom is -0.507 e. The normalized spacial score (nSPS) is 16.8. The number of aliphatic hydroxyl groups excluding tert-OH is 1. The summed E-state index contributed by atoms with van der Waals surface area (Å²) in [5.41, 5.74) is 2.91. The van der Waals surface area contributed by atoms with E-state index in [1.54, 1.807) is 55.5 Å². The van der Waals surface area contributed by atoms with Crippen LogP contribution in [0.5, 0.6) is 5.75 Å². The van der Waals surface area contributed by atoms with Crippen LogP contribution in [0.15, 0.2) is 78.4 Å². The summed E-state index contributed by atoms with van der Waals surface area (Å²) in [6.07, 6.45) is 0. The second-order valence-electron chi connectivity index (χ2n) is 8.99. The van der Waals surface area contributed by atoms with Gasteiger partial charge in [0.25, 0.3) is 11.7 Å². The van der Waals surface area contributed by atoms with Crippen molar-refractivity contribution in [2.75, 3.05) is 18.6 Å². The highest BCUT2D eigenvalue weighted by Crippen LogP contribution is 2.42. The number of nitrogens with zero attached hydrogens (tertiary/aromatic N) is 1. The molecule has 0 saturated carbocycles. The zero-order valence-corrected chi connectivity index (χ0v) is 21.2.